The predicted octanol–water partition coefficient (Wildman–Crippen LogP) is 3.52. The van der Waals surface area contributed by atoms with E-state index in [4.69, 9.17) is 9.47 Å². The zero-order valence-electron chi connectivity index (χ0n) is 15.2. The van der Waals surface area contributed by atoms with Crippen molar-refractivity contribution in [2.24, 2.45) is 0 Å². The van der Waals surface area contributed by atoms with Gasteiger partial charge in [-0.1, -0.05) is 6.92 Å². The van der Waals surface area contributed by atoms with Gasteiger partial charge in [0, 0.05) is 23.9 Å². The largest absolute Gasteiger partial charge is 0.490 e. The SMILES string of the molecule is CCOc1cc2c(cc1OCC)-c1cc(=O)c(C(=O)O)cn1C(CC)C2. The number of hydrogen-bond donors (Lipinski definition) is 1. The third-order valence-corrected chi connectivity index (χ3v) is 4.68. The normalized spacial score (nSPS) is 15.1. The van der Waals surface area contributed by atoms with Crippen molar-refractivity contribution in [1.82, 2.24) is 4.57 Å². The molecule has 1 aromatic heterocycles. The molecule has 2 heterocycles. The van der Waals surface area contributed by atoms with Gasteiger partial charge in [-0.05, 0) is 44.4 Å². The second kappa shape index (κ2) is 7.23. The van der Waals surface area contributed by atoms with E-state index in [0.717, 1.165) is 29.7 Å². The van der Waals surface area contributed by atoms with Crippen molar-refractivity contribution in [3.8, 4) is 22.8 Å². The number of aromatic nitrogens is 1. The van der Waals surface area contributed by atoms with Crippen molar-refractivity contribution in [2.45, 2.75) is 39.7 Å². The summed E-state index contributed by atoms with van der Waals surface area (Å²) >= 11 is 0. The maximum atomic E-state index is 12.3. The highest BCUT2D eigenvalue weighted by molar-refractivity contribution is 5.87. The molecule has 1 unspecified atom stereocenters. The molecule has 1 aromatic carbocycles. The van der Waals surface area contributed by atoms with E-state index in [-0.39, 0.29) is 11.6 Å². The van der Waals surface area contributed by atoms with Gasteiger partial charge in [0.15, 0.2) is 16.9 Å². The molecule has 1 aliphatic heterocycles. The summed E-state index contributed by atoms with van der Waals surface area (Å²) in [5.41, 5.74) is 1.99. The fourth-order valence-corrected chi connectivity index (χ4v) is 3.47. The van der Waals surface area contributed by atoms with E-state index in [2.05, 4.69) is 6.92 Å². The van der Waals surface area contributed by atoms with Crippen LogP contribution >= 0.6 is 0 Å². The Morgan fingerprint density at radius 1 is 1.15 bits per heavy atom. The fourth-order valence-electron chi connectivity index (χ4n) is 3.47. The van der Waals surface area contributed by atoms with E-state index in [9.17, 15) is 14.7 Å². The van der Waals surface area contributed by atoms with E-state index in [1.807, 2.05) is 30.5 Å². The molecular weight excluding hydrogens is 334 g/mol. The number of nitrogens with zero attached hydrogens (tertiary/aromatic N) is 1. The van der Waals surface area contributed by atoms with Crippen molar-refractivity contribution < 1.29 is 19.4 Å². The predicted molar refractivity (Wildman–Crippen MR) is 98.5 cm³/mol. The van der Waals surface area contributed by atoms with Gasteiger partial charge in [0.05, 0.1) is 18.9 Å². The van der Waals surface area contributed by atoms with Gasteiger partial charge in [-0.3, -0.25) is 4.79 Å². The van der Waals surface area contributed by atoms with Crippen molar-refractivity contribution >= 4 is 5.97 Å². The summed E-state index contributed by atoms with van der Waals surface area (Å²) in [4.78, 5) is 23.6. The third kappa shape index (κ3) is 3.07. The average molecular weight is 357 g/mol. The van der Waals surface area contributed by atoms with E-state index >= 15 is 0 Å². The second-order valence-electron chi connectivity index (χ2n) is 6.24. The van der Waals surface area contributed by atoms with Gasteiger partial charge in [-0.25, -0.2) is 4.79 Å². The minimum atomic E-state index is -1.20. The second-order valence-corrected chi connectivity index (χ2v) is 6.24. The summed E-state index contributed by atoms with van der Waals surface area (Å²) in [7, 11) is 0. The van der Waals surface area contributed by atoms with Crippen LogP contribution in [0.4, 0.5) is 0 Å². The quantitative estimate of drug-likeness (QED) is 0.856. The van der Waals surface area contributed by atoms with Crippen molar-refractivity contribution in [1.29, 1.82) is 0 Å². The Balaban J connectivity index is 2.24. The standard InChI is InChI=1S/C20H23NO5/c1-4-13-7-12-8-18(25-5-2)19(26-6-3)9-14(12)16-10-17(22)15(20(23)24)11-21(13)16/h8-11,13H,4-7H2,1-3H3,(H,23,24). The number of fused-ring (bicyclic) bond motifs is 3. The minimum absolute atomic E-state index is 0.0867. The van der Waals surface area contributed by atoms with E-state index in [1.54, 1.807) is 0 Å². The summed E-state index contributed by atoms with van der Waals surface area (Å²) in [6.45, 7) is 6.91. The number of aromatic carboxylic acids is 1. The number of benzene rings is 1. The van der Waals surface area contributed by atoms with E-state index < -0.39 is 11.4 Å². The molecule has 1 atom stereocenters. The first-order valence-corrected chi connectivity index (χ1v) is 8.92. The van der Waals surface area contributed by atoms with Gasteiger partial charge in [-0.15, -0.1) is 0 Å². The fraction of sp³-hybridized carbons (Fsp3) is 0.400. The molecule has 0 radical (unpaired) electrons. The zero-order chi connectivity index (χ0) is 18.8. The average Bonchev–Trinajstić information content (AvgIpc) is 2.61. The number of rotatable bonds is 6. The van der Waals surface area contributed by atoms with Crippen LogP contribution in [0.25, 0.3) is 11.3 Å². The maximum Gasteiger partial charge on any atom is 0.341 e. The van der Waals surface area contributed by atoms with Gasteiger partial charge in [0.1, 0.15) is 5.56 Å². The minimum Gasteiger partial charge on any atom is -0.490 e. The lowest BCUT2D eigenvalue weighted by Crippen LogP contribution is -2.25. The van der Waals surface area contributed by atoms with Gasteiger partial charge in [-0.2, -0.15) is 0 Å². The molecule has 0 fully saturated rings. The Morgan fingerprint density at radius 2 is 1.81 bits per heavy atom. The zero-order valence-corrected chi connectivity index (χ0v) is 15.2. The molecule has 26 heavy (non-hydrogen) atoms. The molecular formula is C20H23NO5. The summed E-state index contributed by atoms with van der Waals surface area (Å²) in [6, 6.07) is 5.37. The molecule has 6 nitrogen and oxygen atoms in total. The Morgan fingerprint density at radius 3 is 2.38 bits per heavy atom. The first kappa shape index (κ1) is 18.0. The van der Waals surface area contributed by atoms with Crippen LogP contribution in [-0.2, 0) is 6.42 Å². The van der Waals surface area contributed by atoms with Crippen LogP contribution in [0.5, 0.6) is 11.5 Å². The molecule has 1 N–H and O–H groups in total. The van der Waals surface area contributed by atoms with Crippen molar-refractivity contribution in [3.63, 3.8) is 0 Å². The van der Waals surface area contributed by atoms with E-state index in [0.29, 0.717) is 24.7 Å². The Kier molecular flexibility index (Phi) is 5.02. The number of carboxylic acids is 1. The van der Waals surface area contributed by atoms with Gasteiger partial charge in [0.2, 0.25) is 0 Å². The first-order valence-electron chi connectivity index (χ1n) is 8.92. The summed E-state index contributed by atoms with van der Waals surface area (Å²) in [5.74, 6) is 0.123. The summed E-state index contributed by atoms with van der Waals surface area (Å²) < 4.78 is 13.3. The lowest BCUT2D eigenvalue weighted by molar-refractivity contribution is 0.0694. The molecule has 3 rings (SSSR count). The molecule has 138 valence electrons. The molecule has 0 aliphatic carbocycles. The topological polar surface area (TPSA) is 77.8 Å². The number of pyridine rings is 1. The molecule has 1 aliphatic rings. The van der Waals surface area contributed by atoms with Crippen molar-refractivity contribution in [2.75, 3.05) is 13.2 Å². The number of hydrogen-bond acceptors (Lipinski definition) is 4. The lowest BCUT2D eigenvalue weighted by atomic mass is 9.90. The van der Waals surface area contributed by atoms with Crippen LogP contribution in [0.2, 0.25) is 0 Å². The maximum absolute atomic E-state index is 12.3. The van der Waals surface area contributed by atoms with E-state index in [1.165, 1.54) is 12.3 Å². The first-order chi connectivity index (χ1) is 12.5. The Labute approximate surface area is 152 Å². The summed E-state index contributed by atoms with van der Waals surface area (Å²) in [5, 5.41) is 9.28. The highest BCUT2D eigenvalue weighted by Gasteiger charge is 2.26. The smallest absolute Gasteiger partial charge is 0.341 e. The number of carbonyl (C=O) groups is 1. The molecule has 0 saturated heterocycles. The van der Waals surface area contributed by atoms with Crippen molar-refractivity contribution in [3.05, 3.63) is 45.7 Å². The van der Waals surface area contributed by atoms with Crippen LogP contribution in [0.3, 0.4) is 0 Å². The molecule has 0 bridgehead atoms. The van der Waals surface area contributed by atoms with Gasteiger partial charge in [0.25, 0.3) is 0 Å². The van der Waals surface area contributed by atoms with Gasteiger partial charge < -0.3 is 19.1 Å². The van der Waals surface area contributed by atoms with Crippen LogP contribution in [0, 0.1) is 0 Å². The lowest BCUT2D eigenvalue weighted by Gasteiger charge is -2.31. The van der Waals surface area contributed by atoms with Crippen LogP contribution < -0.4 is 14.9 Å². The third-order valence-electron chi connectivity index (χ3n) is 4.68. The molecule has 0 spiro atoms. The Hall–Kier alpha value is -2.76. The highest BCUT2D eigenvalue weighted by Crippen LogP contribution is 2.41. The number of ether oxygens (including phenoxy) is 2. The molecule has 0 saturated carbocycles. The molecule has 2 aromatic rings. The Bertz CT molecular complexity index is 900. The number of carboxylic acid groups (broad SMARTS) is 1. The highest BCUT2D eigenvalue weighted by atomic mass is 16.5. The monoisotopic (exact) mass is 357 g/mol. The molecule has 6 heteroatoms. The molecule has 0 amide bonds. The van der Waals surface area contributed by atoms with Crippen LogP contribution in [0.15, 0.2) is 29.2 Å². The van der Waals surface area contributed by atoms with Crippen LogP contribution in [0.1, 0.15) is 49.2 Å². The van der Waals surface area contributed by atoms with Gasteiger partial charge >= 0.3 is 5.97 Å². The summed E-state index contributed by atoms with van der Waals surface area (Å²) in [6.07, 6.45) is 3.03. The van der Waals surface area contributed by atoms with Crippen LogP contribution in [-0.4, -0.2) is 28.9 Å².